The van der Waals surface area contributed by atoms with Crippen molar-refractivity contribution in [2.45, 2.75) is 51.3 Å². The zero-order valence-electron chi connectivity index (χ0n) is 12.5. The van der Waals surface area contributed by atoms with Crippen LogP contribution < -0.4 is 5.32 Å². The summed E-state index contributed by atoms with van der Waals surface area (Å²) in [5.41, 5.74) is 0. The average Bonchev–Trinajstić information content (AvgIpc) is 2.43. The minimum atomic E-state index is 0. The molecule has 2 atom stereocenters. The second kappa shape index (κ2) is 8.82. The Hall–Kier alpha value is -0.360. The number of carbonyl (C=O) groups is 1. The van der Waals surface area contributed by atoms with Gasteiger partial charge in [0.2, 0.25) is 5.91 Å². The van der Waals surface area contributed by atoms with E-state index < -0.39 is 0 Å². The minimum absolute atomic E-state index is 0. The number of halogens is 1. The van der Waals surface area contributed by atoms with E-state index >= 15 is 0 Å². The molecule has 2 unspecified atom stereocenters. The second-order valence-electron chi connectivity index (χ2n) is 5.50. The summed E-state index contributed by atoms with van der Waals surface area (Å²) in [6.45, 7) is 8.03. The number of nitrogens with one attached hydrogen (secondary N) is 1. The molecule has 0 aromatic heterocycles. The van der Waals surface area contributed by atoms with Crippen molar-refractivity contribution in [2.24, 2.45) is 0 Å². The molecule has 0 aromatic carbocycles. The van der Waals surface area contributed by atoms with Gasteiger partial charge in [-0.3, -0.25) is 4.79 Å². The first-order valence-corrected chi connectivity index (χ1v) is 7.40. The number of nitrogens with zero attached hydrogens (tertiary/aromatic N) is 1. The molecule has 5 nitrogen and oxygen atoms in total. The third-order valence-electron chi connectivity index (χ3n) is 4.19. The molecule has 2 saturated heterocycles. The Morgan fingerprint density at radius 2 is 2.05 bits per heavy atom. The highest BCUT2D eigenvalue weighted by Gasteiger charge is 2.27. The van der Waals surface area contributed by atoms with Crippen LogP contribution in [0.25, 0.3) is 0 Å². The summed E-state index contributed by atoms with van der Waals surface area (Å²) in [4.78, 5) is 14.2. The van der Waals surface area contributed by atoms with Crippen LogP contribution in [0.5, 0.6) is 0 Å². The summed E-state index contributed by atoms with van der Waals surface area (Å²) in [5, 5.41) is 3.39. The van der Waals surface area contributed by atoms with Crippen molar-refractivity contribution in [3.8, 4) is 0 Å². The number of ether oxygens (including phenoxy) is 2. The quantitative estimate of drug-likeness (QED) is 0.848. The lowest BCUT2D eigenvalue weighted by molar-refractivity contribution is -0.137. The monoisotopic (exact) mass is 306 g/mol. The van der Waals surface area contributed by atoms with Gasteiger partial charge in [0.05, 0.1) is 19.1 Å². The number of carbonyl (C=O) groups excluding carboxylic acids is 1. The predicted octanol–water partition coefficient (Wildman–Crippen LogP) is 1.20. The highest BCUT2D eigenvalue weighted by molar-refractivity contribution is 5.85. The maximum absolute atomic E-state index is 12.2. The third kappa shape index (κ3) is 4.88. The van der Waals surface area contributed by atoms with E-state index in [0.29, 0.717) is 19.1 Å². The molecule has 6 heteroatoms. The molecule has 2 rings (SSSR count). The number of hydrogen-bond acceptors (Lipinski definition) is 4. The van der Waals surface area contributed by atoms with Gasteiger partial charge < -0.3 is 19.7 Å². The van der Waals surface area contributed by atoms with Crippen LogP contribution in [0, 0.1) is 0 Å². The molecular formula is C14H27ClN2O3. The molecule has 118 valence electrons. The van der Waals surface area contributed by atoms with Gasteiger partial charge in [-0.15, -0.1) is 12.4 Å². The van der Waals surface area contributed by atoms with Gasteiger partial charge in [0.15, 0.2) is 0 Å². The second-order valence-corrected chi connectivity index (χ2v) is 5.50. The summed E-state index contributed by atoms with van der Waals surface area (Å²) < 4.78 is 11.0. The Morgan fingerprint density at radius 1 is 1.35 bits per heavy atom. The summed E-state index contributed by atoms with van der Waals surface area (Å²) in [7, 11) is 0. The zero-order chi connectivity index (χ0) is 13.7. The van der Waals surface area contributed by atoms with Gasteiger partial charge in [-0.05, 0) is 26.7 Å². The maximum Gasteiger partial charge on any atom is 0.225 e. The SMILES string of the molecule is CC1NCCN(C(=O)CCOC2CCOCC2)C1C.Cl. The van der Waals surface area contributed by atoms with Gasteiger partial charge in [0, 0.05) is 38.4 Å². The standard InChI is InChI=1S/C14H26N2O3.ClH/c1-11-12(2)16(7-6-15-11)14(17)5-10-19-13-3-8-18-9-4-13;/h11-13,15H,3-10H2,1-2H3;1H. The molecule has 1 N–H and O–H groups in total. The molecule has 1 amide bonds. The average molecular weight is 307 g/mol. The molecule has 0 bridgehead atoms. The molecule has 20 heavy (non-hydrogen) atoms. The topological polar surface area (TPSA) is 50.8 Å². The van der Waals surface area contributed by atoms with Crippen molar-refractivity contribution in [3.63, 3.8) is 0 Å². The molecule has 0 radical (unpaired) electrons. The molecule has 0 aromatic rings. The minimum Gasteiger partial charge on any atom is -0.381 e. The molecule has 0 saturated carbocycles. The normalized spacial score (nSPS) is 28.0. The van der Waals surface area contributed by atoms with E-state index in [-0.39, 0.29) is 30.5 Å². The maximum atomic E-state index is 12.2. The van der Waals surface area contributed by atoms with Crippen LogP contribution in [-0.2, 0) is 14.3 Å². The Morgan fingerprint density at radius 3 is 2.75 bits per heavy atom. The molecule has 2 aliphatic heterocycles. The lowest BCUT2D eigenvalue weighted by atomic mass is 10.1. The fourth-order valence-corrected chi connectivity index (χ4v) is 2.71. The fourth-order valence-electron chi connectivity index (χ4n) is 2.71. The van der Waals surface area contributed by atoms with Crippen molar-refractivity contribution in [2.75, 3.05) is 32.9 Å². The highest BCUT2D eigenvalue weighted by atomic mass is 35.5. The van der Waals surface area contributed by atoms with Gasteiger partial charge in [-0.2, -0.15) is 0 Å². The van der Waals surface area contributed by atoms with E-state index in [1.54, 1.807) is 0 Å². The lowest BCUT2D eigenvalue weighted by Gasteiger charge is -2.38. The molecule has 0 aliphatic carbocycles. The van der Waals surface area contributed by atoms with Crippen LogP contribution in [0.4, 0.5) is 0 Å². The molecule has 0 spiro atoms. The van der Waals surface area contributed by atoms with E-state index in [9.17, 15) is 4.79 Å². The van der Waals surface area contributed by atoms with Crippen LogP contribution in [0.15, 0.2) is 0 Å². The molecular weight excluding hydrogens is 280 g/mol. The van der Waals surface area contributed by atoms with Crippen LogP contribution >= 0.6 is 12.4 Å². The van der Waals surface area contributed by atoms with Crippen LogP contribution in [0.2, 0.25) is 0 Å². The Bertz CT molecular complexity index is 298. The van der Waals surface area contributed by atoms with Crippen LogP contribution in [0.3, 0.4) is 0 Å². The van der Waals surface area contributed by atoms with E-state index in [2.05, 4.69) is 19.2 Å². The van der Waals surface area contributed by atoms with Crippen LogP contribution in [-0.4, -0.2) is 61.9 Å². The first-order chi connectivity index (χ1) is 9.18. The van der Waals surface area contributed by atoms with E-state index in [1.807, 2.05) is 4.90 Å². The van der Waals surface area contributed by atoms with E-state index in [1.165, 1.54) is 0 Å². The van der Waals surface area contributed by atoms with Crippen molar-refractivity contribution >= 4 is 18.3 Å². The van der Waals surface area contributed by atoms with Crippen molar-refractivity contribution in [1.82, 2.24) is 10.2 Å². The van der Waals surface area contributed by atoms with Gasteiger partial charge in [0.25, 0.3) is 0 Å². The Kier molecular flexibility index (Phi) is 7.80. The Labute approximate surface area is 127 Å². The summed E-state index contributed by atoms with van der Waals surface area (Å²) in [6, 6.07) is 0.637. The van der Waals surface area contributed by atoms with Crippen molar-refractivity contribution in [1.29, 1.82) is 0 Å². The molecule has 2 heterocycles. The zero-order valence-corrected chi connectivity index (χ0v) is 13.3. The fraction of sp³-hybridized carbons (Fsp3) is 0.929. The summed E-state index contributed by atoms with van der Waals surface area (Å²) >= 11 is 0. The smallest absolute Gasteiger partial charge is 0.225 e. The summed E-state index contributed by atoms with van der Waals surface area (Å²) in [6.07, 6.45) is 2.68. The van der Waals surface area contributed by atoms with Crippen molar-refractivity contribution < 1.29 is 14.3 Å². The Balaban J connectivity index is 0.00000200. The van der Waals surface area contributed by atoms with E-state index in [0.717, 1.165) is 39.1 Å². The van der Waals surface area contributed by atoms with Crippen LogP contribution in [0.1, 0.15) is 33.1 Å². The van der Waals surface area contributed by atoms with Crippen molar-refractivity contribution in [3.05, 3.63) is 0 Å². The highest BCUT2D eigenvalue weighted by Crippen LogP contribution is 2.13. The number of hydrogen-bond donors (Lipinski definition) is 1. The van der Waals surface area contributed by atoms with Gasteiger partial charge >= 0.3 is 0 Å². The number of rotatable bonds is 4. The molecule has 2 fully saturated rings. The number of piperazine rings is 1. The first kappa shape index (κ1) is 17.7. The predicted molar refractivity (Wildman–Crippen MR) is 80.3 cm³/mol. The molecule has 2 aliphatic rings. The third-order valence-corrected chi connectivity index (χ3v) is 4.19. The summed E-state index contributed by atoms with van der Waals surface area (Å²) in [5.74, 6) is 0.216. The number of amides is 1. The van der Waals surface area contributed by atoms with E-state index in [4.69, 9.17) is 9.47 Å². The van der Waals surface area contributed by atoms with Gasteiger partial charge in [-0.25, -0.2) is 0 Å². The van der Waals surface area contributed by atoms with Gasteiger partial charge in [-0.1, -0.05) is 0 Å². The largest absolute Gasteiger partial charge is 0.381 e. The van der Waals surface area contributed by atoms with Gasteiger partial charge in [0.1, 0.15) is 0 Å². The lowest BCUT2D eigenvalue weighted by Crippen LogP contribution is -2.57. The first-order valence-electron chi connectivity index (χ1n) is 7.40.